The molecule has 0 saturated heterocycles. The van der Waals surface area contributed by atoms with Crippen molar-refractivity contribution in [2.24, 2.45) is 5.92 Å². The van der Waals surface area contributed by atoms with Crippen LogP contribution in [0.1, 0.15) is 52.4 Å². The molecular formula is C10H21F. The number of hydrogen-bond donors (Lipinski definition) is 0. The van der Waals surface area contributed by atoms with Crippen LogP contribution in [0.3, 0.4) is 0 Å². The van der Waals surface area contributed by atoms with Gasteiger partial charge in [-0.15, -0.1) is 0 Å². The number of unbranched alkanes of at least 4 members (excludes halogenated alkanes) is 4. The molecule has 0 rings (SSSR count). The summed E-state index contributed by atoms with van der Waals surface area (Å²) in [5, 5.41) is 0. The third-order valence-corrected chi connectivity index (χ3v) is 2.06. The van der Waals surface area contributed by atoms with E-state index in [9.17, 15) is 4.39 Å². The molecule has 0 radical (unpaired) electrons. The van der Waals surface area contributed by atoms with E-state index in [4.69, 9.17) is 0 Å². The summed E-state index contributed by atoms with van der Waals surface area (Å²) in [5.41, 5.74) is 0. The van der Waals surface area contributed by atoms with Crippen LogP contribution in [-0.4, -0.2) is 6.67 Å². The van der Waals surface area contributed by atoms with Crippen LogP contribution in [0.4, 0.5) is 4.39 Å². The molecule has 0 aliphatic carbocycles. The molecule has 0 aromatic rings. The van der Waals surface area contributed by atoms with Crippen molar-refractivity contribution in [2.75, 3.05) is 6.67 Å². The third kappa shape index (κ3) is 7.83. The minimum atomic E-state index is -0.145. The molecule has 0 aliphatic heterocycles. The molecule has 0 aliphatic rings. The molecule has 1 heteroatoms. The lowest BCUT2D eigenvalue weighted by Crippen LogP contribution is -1.95. The molecule has 0 heterocycles. The fourth-order valence-electron chi connectivity index (χ4n) is 1.17. The van der Waals surface area contributed by atoms with Gasteiger partial charge >= 0.3 is 0 Å². The first-order valence-corrected chi connectivity index (χ1v) is 4.87. The molecule has 0 unspecified atom stereocenters. The molecule has 0 spiro atoms. The zero-order valence-electron chi connectivity index (χ0n) is 7.91. The Morgan fingerprint density at radius 1 is 1.09 bits per heavy atom. The van der Waals surface area contributed by atoms with Gasteiger partial charge in [-0.1, -0.05) is 46.0 Å². The van der Waals surface area contributed by atoms with Crippen molar-refractivity contribution >= 4 is 0 Å². The lowest BCUT2D eigenvalue weighted by atomic mass is 10.0. The molecule has 11 heavy (non-hydrogen) atoms. The van der Waals surface area contributed by atoms with Crippen LogP contribution in [0.2, 0.25) is 0 Å². The maximum atomic E-state index is 12.0. The second kappa shape index (κ2) is 8.03. The van der Waals surface area contributed by atoms with Crippen molar-refractivity contribution in [1.82, 2.24) is 0 Å². The highest BCUT2D eigenvalue weighted by Crippen LogP contribution is 2.11. The molecule has 0 N–H and O–H groups in total. The van der Waals surface area contributed by atoms with Gasteiger partial charge < -0.3 is 0 Å². The van der Waals surface area contributed by atoms with Gasteiger partial charge in [0.2, 0.25) is 0 Å². The van der Waals surface area contributed by atoms with Gasteiger partial charge in [0.25, 0.3) is 0 Å². The standard InChI is InChI=1S/C10H21F/c1-3-4-5-6-7-8-10(2)9-11/h10H,3-9H2,1-2H3/t10-/m0/s1. The first kappa shape index (κ1) is 10.9. The summed E-state index contributed by atoms with van der Waals surface area (Å²) < 4.78 is 12.0. The van der Waals surface area contributed by atoms with Gasteiger partial charge in [-0.05, 0) is 12.3 Å². The van der Waals surface area contributed by atoms with Gasteiger partial charge in [0.15, 0.2) is 0 Å². The molecule has 1 atom stereocenters. The van der Waals surface area contributed by atoms with E-state index in [1.165, 1.54) is 32.1 Å². The van der Waals surface area contributed by atoms with Gasteiger partial charge in [0.1, 0.15) is 0 Å². The Balaban J connectivity index is 2.89. The van der Waals surface area contributed by atoms with Crippen LogP contribution >= 0.6 is 0 Å². The summed E-state index contributed by atoms with van der Waals surface area (Å²) in [6.45, 7) is 4.05. The van der Waals surface area contributed by atoms with Crippen molar-refractivity contribution in [1.29, 1.82) is 0 Å². The number of hydrogen-bond acceptors (Lipinski definition) is 0. The third-order valence-electron chi connectivity index (χ3n) is 2.06. The molecule has 0 aromatic carbocycles. The van der Waals surface area contributed by atoms with Crippen LogP contribution in [-0.2, 0) is 0 Å². The maximum absolute atomic E-state index is 12.0. The fourth-order valence-corrected chi connectivity index (χ4v) is 1.17. The molecule has 0 nitrogen and oxygen atoms in total. The lowest BCUT2D eigenvalue weighted by Gasteiger charge is -2.04. The Bertz CT molecular complexity index is 71.3. The van der Waals surface area contributed by atoms with Crippen LogP contribution < -0.4 is 0 Å². The summed E-state index contributed by atoms with van der Waals surface area (Å²) in [4.78, 5) is 0. The van der Waals surface area contributed by atoms with Gasteiger partial charge in [-0.25, -0.2) is 0 Å². The first-order valence-electron chi connectivity index (χ1n) is 4.87. The summed E-state index contributed by atoms with van der Waals surface area (Å²) in [6.07, 6.45) is 7.53. The highest BCUT2D eigenvalue weighted by atomic mass is 19.1. The summed E-state index contributed by atoms with van der Waals surface area (Å²) in [5.74, 6) is 0.289. The predicted molar refractivity (Wildman–Crippen MR) is 48.5 cm³/mol. The van der Waals surface area contributed by atoms with E-state index in [1.54, 1.807) is 0 Å². The van der Waals surface area contributed by atoms with E-state index in [-0.39, 0.29) is 12.6 Å². The zero-order chi connectivity index (χ0) is 8.53. The molecule has 0 bridgehead atoms. The second-order valence-electron chi connectivity index (χ2n) is 3.46. The van der Waals surface area contributed by atoms with E-state index < -0.39 is 0 Å². The van der Waals surface area contributed by atoms with Crippen molar-refractivity contribution in [3.8, 4) is 0 Å². The highest BCUT2D eigenvalue weighted by molar-refractivity contribution is 4.51. The highest BCUT2D eigenvalue weighted by Gasteiger charge is 1.99. The fraction of sp³-hybridized carbons (Fsp3) is 1.00. The van der Waals surface area contributed by atoms with Crippen LogP contribution in [0.25, 0.3) is 0 Å². The zero-order valence-corrected chi connectivity index (χ0v) is 7.91. The second-order valence-corrected chi connectivity index (χ2v) is 3.46. The van der Waals surface area contributed by atoms with E-state index >= 15 is 0 Å². The first-order chi connectivity index (χ1) is 5.31. The van der Waals surface area contributed by atoms with Gasteiger partial charge in [-0.3, -0.25) is 4.39 Å². The molecule has 68 valence electrons. The Morgan fingerprint density at radius 3 is 2.27 bits per heavy atom. The van der Waals surface area contributed by atoms with E-state index in [1.807, 2.05) is 6.92 Å². The minimum absolute atomic E-state index is 0.145. The van der Waals surface area contributed by atoms with E-state index in [2.05, 4.69) is 6.92 Å². The summed E-state index contributed by atoms with van der Waals surface area (Å²) >= 11 is 0. The van der Waals surface area contributed by atoms with Crippen LogP contribution in [0.5, 0.6) is 0 Å². The quantitative estimate of drug-likeness (QED) is 0.495. The average molecular weight is 160 g/mol. The number of alkyl halides is 1. The Kier molecular flexibility index (Phi) is 7.98. The molecule has 0 aromatic heterocycles. The Labute approximate surface area is 70.2 Å². The molecule has 0 saturated carbocycles. The van der Waals surface area contributed by atoms with E-state index in [0.29, 0.717) is 0 Å². The smallest absolute Gasteiger partial charge is 0.0919 e. The lowest BCUT2D eigenvalue weighted by molar-refractivity contribution is 0.355. The normalized spacial score (nSPS) is 13.4. The Morgan fingerprint density at radius 2 is 1.73 bits per heavy atom. The van der Waals surface area contributed by atoms with Crippen LogP contribution in [0, 0.1) is 5.92 Å². The largest absolute Gasteiger partial charge is 0.251 e. The van der Waals surface area contributed by atoms with E-state index in [0.717, 1.165) is 6.42 Å². The molecule has 0 amide bonds. The number of halogens is 1. The van der Waals surface area contributed by atoms with Crippen molar-refractivity contribution < 1.29 is 4.39 Å². The predicted octanol–water partition coefficient (Wildman–Crippen LogP) is 3.95. The van der Waals surface area contributed by atoms with Crippen molar-refractivity contribution in [3.05, 3.63) is 0 Å². The number of rotatable bonds is 7. The molecular weight excluding hydrogens is 139 g/mol. The summed E-state index contributed by atoms with van der Waals surface area (Å²) in [6, 6.07) is 0. The average Bonchev–Trinajstić information content (AvgIpc) is 2.04. The summed E-state index contributed by atoms with van der Waals surface area (Å²) in [7, 11) is 0. The Hall–Kier alpha value is -0.0700. The van der Waals surface area contributed by atoms with Gasteiger partial charge in [0, 0.05) is 0 Å². The molecule has 0 fully saturated rings. The SMILES string of the molecule is CCCCCCC[C@H](C)CF. The van der Waals surface area contributed by atoms with Gasteiger partial charge in [-0.2, -0.15) is 0 Å². The van der Waals surface area contributed by atoms with Crippen molar-refractivity contribution in [2.45, 2.75) is 52.4 Å². The minimum Gasteiger partial charge on any atom is -0.251 e. The maximum Gasteiger partial charge on any atom is 0.0919 e. The van der Waals surface area contributed by atoms with Crippen molar-refractivity contribution in [3.63, 3.8) is 0 Å². The van der Waals surface area contributed by atoms with Crippen LogP contribution in [0.15, 0.2) is 0 Å². The van der Waals surface area contributed by atoms with Gasteiger partial charge in [0.05, 0.1) is 6.67 Å². The monoisotopic (exact) mass is 160 g/mol. The topological polar surface area (TPSA) is 0 Å².